The SMILES string of the molecule is COc1ccc([C@@H]2CCCN2C(=O)NCc2ccn[nH]2)cc1. The van der Waals surface area contributed by atoms with Crippen LogP contribution in [0.25, 0.3) is 0 Å². The molecule has 1 fully saturated rings. The number of carbonyl (C=O) groups excluding carboxylic acids is 1. The third-order valence-corrected chi connectivity index (χ3v) is 4.00. The molecule has 0 aliphatic carbocycles. The van der Waals surface area contributed by atoms with Crippen LogP contribution >= 0.6 is 0 Å². The molecular formula is C16H20N4O2. The Labute approximate surface area is 129 Å². The average Bonchev–Trinajstić information content (AvgIpc) is 3.24. The summed E-state index contributed by atoms with van der Waals surface area (Å²) in [6, 6.07) is 9.89. The number of ether oxygens (including phenoxy) is 1. The lowest BCUT2D eigenvalue weighted by atomic mass is 10.0. The number of aromatic nitrogens is 2. The Bertz CT molecular complexity index is 610. The van der Waals surface area contributed by atoms with Crippen LogP contribution < -0.4 is 10.1 Å². The number of aromatic amines is 1. The Morgan fingerprint density at radius 1 is 1.41 bits per heavy atom. The van der Waals surface area contributed by atoms with Crippen molar-refractivity contribution >= 4 is 6.03 Å². The summed E-state index contributed by atoms with van der Waals surface area (Å²) in [5.74, 6) is 0.831. The molecule has 1 aromatic heterocycles. The normalized spacial score (nSPS) is 17.5. The molecule has 0 spiro atoms. The van der Waals surface area contributed by atoms with Gasteiger partial charge < -0.3 is 15.0 Å². The van der Waals surface area contributed by atoms with E-state index in [0.29, 0.717) is 6.54 Å². The standard InChI is InChI=1S/C16H20N4O2/c1-22-14-6-4-12(5-7-14)15-3-2-10-20(15)16(21)17-11-13-8-9-18-19-13/h4-9,15H,2-3,10-11H2,1H3,(H,17,21)(H,18,19)/t15-/m0/s1. The van der Waals surface area contributed by atoms with Gasteiger partial charge in [-0.25, -0.2) is 4.79 Å². The maximum atomic E-state index is 12.4. The fourth-order valence-electron chi connectivity index (χ4n) is 2.84. The predicted octanol–water partition coefficient (Wildman–Crippen LogP) is 2.46. The molecule has 0 unspecified atom stereocenters. The largest absolute Gasteiger partial charge is 0.497 e. The van der Waals surface area contributed by atoms with Crippen LogP contribution in [0.15, 0.2) is 36.5 Å². The Kier molecular flexibility index (Phi) is 4.27. The summed E-state index contributed by atoms with van der Waals surface area (Å²) in [4.78, 5) is 14.3. The number of rotatable bonds is 4. The number of amides is 2. The topological polar surface area (TPSA) is 70.2 Å². The minimum Gasteiger partial charge on any atom is -0.497 e. The van der Waals surface area contributed by atoms with E-state index in [0.717, 1.165) is 36.4 Å². The monoisotopic (exact) mass is 300 g/mol. The molecule has 3 rings (SSSR count). The predicted molar refractivity (Wildman–Crippen MR) is 82.5 cm³/mol. The lowest BCUT2D eigenvalue weighted by molar-refractivity contribution is 0.192. The second-order valence-electron chi connectivity index (χ2n) is 5.37. The third kappa shape index (κ3) is 3.05. The van der Waals surface area contributed by atoms with Gasteiger partial charge in [0.25, 0.3) is 0 Å². The fourth-order valence-corrected chi connectivity index (χ4v) is 2.84. The van der Waals surface area contributed by atoms with Crippen LogP contribution in [0, 0.1) is 0 Å². The van der Waals surface area contributed by atoms with Crippen molar-refractivity contribution in [1.82, 2.24) is 20.4 Å². The van der Waals surface area contributed by atoms with E-state index in [1.165, 1.54) is 0 Å². The van der Waals surface area contributed by atoms with Crippen molar-refractivity contribution in [3.63, 3.8) is 0 Å². The Morgan fingerprint density at radius 2 is 2.23 bits per heavy atom. The van der Waals surface area contributed by atoms with Crippen molar-refractivity contribution in [1.29, 1.82) is 0 Å². The van der Waals surface area contributed by atoms with Crippen molar-refractivity contribution in [2.24, 2.45) is 0 Å². The molecule has 2 heterocycles. The van der Waals surface area contributed by atoms with E-state index in [1.54, 1.807) is 13.3 Å². The van der Waals surface area contributed by atoms with Gasteiger partial charge in [-0.15, -0.1) is 0 Å². The maximum absolute atomic E-state index is 12.4. The van der Waals surface area contributed by atoms with Gasteiger partial charge in [0.2, 0.25) is 0 Å². The molecule has 2 amide bonds. The molecule has 0 bridgehead atoms. The molecule has 0 radical (unpaired) electrons. The molecule has 1 aliphatic heterocycles. The molecule has 116 valence electrons. The third-order valence-electron chi connectivity index (χ3n) is 4.00. The van der Waals surface area contributed by atoms with Crippen LogP contribution in [0.2, 0.25) is 0 Å². The molecule has 0 saturated carbocycles. The van der Waals surface area contributed by atoms with Crippen molar-refractivity contribution in [3.8, 4) is 5.75 Å². The summed E-state index contributed by atoms with van der Waals surface area (Å²) in [5.41, 5.74) is 2.04. The van der Waals surface area contributed by atoms with E-state index in [2.05, 4.69) is 15.5 Å². The quantitative estimate of drug-likeness (QED) is 0.911. The fraction of sp³-hybridized carbons (Fsp3) is 0.375. The number of H-pyrrole nitrogens is 1. The van der Waals surface area contributed by atoms with Gasteiger partial charge in [0.1, 0.15) is 5.75 Å². The second-order valence-corrected chi connectivity index (χ2v) is 5.37. The minimum atomic E-state index is -0.0343. The first-order chi connectivity index (χ1) is 10.8. The number of methoxy groups -OCH3 is 1. The summed E-state index contributed by atoms with van der Waals surface area (Å²) in [7, 11) is 1.65. The van der Waals surface area contributed by atoms with Gasteiger partial charge in [0, 0.05) is 12.7 Å². The second kappa shape index (κ2) is 6.51. The first kappa shape index (κ1) is 14.4. The smallest absolute Gasteiger partial charge is 0.318 e. The minimum absolute atomic E-state index is 0.0343. The Balaban J connectivity index is 1.65. The number of hydrogen-bond acceptors (Lipinski definition) is 3. The number of benzene rings is 1. The number of carbonyl (C=O) groups is 1. The van der Waals surface area contributed by atoms with Gasteiger partial charge in [-0.2, -0.15) is 5.10 Å². The summed E-state index contributed by atoms with van der Waals surface area (Å²) < 4.78 is 5.18. The highest BCUT2D eigenvalue weighted by atomic mass is 16.5. The van der Waals surface area contributed by atoms with Crippen LogP contribution in [-0.2, 0) is 6.54 Å². The highest BCUT2D eigenvalue weighted by molar-refractivity contribution is 5.75. The summed E-state index contributed by atoms with van der Waals surface area (Å²) in [6.45, 7) is 1.25. The molecule has 2 aromatic rings. The van der Waals surface area contributed by atoms with Gasteiger partial charge in [0.15, 0.2) is 0 Å². The van der Waals surface area contributed by atoms with Crippen LogP contribution in [0.3, 0.4) is 0 Å². The molecule has 6 heteroatoms. The lowest BCUT2D eigenvalue weighted by Crippen LogP contribution is -2.39. The number of likely N-dealkylation sites (tertiary alicyclic amines) is 1. The molecule has 22 heavy (non-hydrogen) atoms. The number of nitrogens with zero attached hydrogens (tertiary/aromatic N) is 2. The van der Waals surface area contributed by atoms with E-state index >= 15 is 0 Å². The van der Waals surface area contributed by atoms with Crippen LogP contribution in [0.5, 0.6) is 5.75 Å². The van der Waals surface area contributed by atoms with E-state index < -0.39 is 0 Å². The zero-order valence-electron chi connectivity index (χ0n) is 12.6. The summed E-state index contributed by atoms with van der Waals surface area (Å²) >= 11 is 0. The molecule has 2 N–H and O–H groups in total. The number of urea groups is 1. The van der Waals surface area contributed by atoms with E-state index in [1.807, 2.05) is 35.2 Å². The van der Waals surface area contributed by atoms with Gasteiger partial charge in [-0.05, 0) is 36.6 Å². The van der Waals surface area contributed by atoms with Gasteiger partial charge in [-0.3, -0.25) is 5.10 Å². The van der Waals surface area contributed by atoms with Gasteiger partial charge in [0.05, 0.1) is 25.4 Å². The van der Waals surface area contributed by atoms with Crippen LogP contribution in [0.1, 0.15) is 30.1 Å². The Hall–Kier alpha value is -2.50. The van der Waals surface area contributed by atoms with Crippen LogP contribution in [0.4, 0.5) is 4.79 Å². The molecule has 1 atom stereocenters. The Morgan fingerprint density at radius 3 is 2.91 bits per heavy atom. The number of nitrogens with one attached hydrogen (secondary N) is 2. The maximum Gasteiger partial charge on any atom is 0.318 e. The first-order valence-electron chi connectivity index (χ1n) is 7.44. The van der Waals surface area contributed by atoms with Crippen LogP contribution in [-0.4, -0.2) is 34.8 Å². The highest BCUT2D eigenvalue weighted by Gasteiger charge is 2.29. The summed E-state index contributed by atoms with van der Waals surface area (Å²) in [5, 5.41) is 9.66. The lowest BCUT2D eigenvalue weighted by Gasteiger charge is -2.25. The number of hydrogen-bond donors (Lipinski definition) is 2. The van der Waals surface area contributed by atoms with Crippen molar-refractivity contribution in [2.75, 3.05) is 13.7 Å². The van der Waals surface area contributed by atoms with E-state index in [4.69, 9.17) is 4.74 Å². The molecule has 1 aromatic carbocycles. The zero-order chi connectivity index (χ0) is 15.4. The van der Waals surface area contributed by atoms with Gasteiger partial charge in [-0.1, -0.05) is 12.1 Å². The van der Waals surface area contributed by atoms with Crippen molar-refractivity contribution < 1.29 is 9.53 Å². The van der Waals surface area contributed by atoms with Crippen molar-refractivity contribution in [2.45, 2.75) is 25.4 Å². The molecule has 1 aliphatic rings. The van der Waals surface area contributed by atoms with Crippen molar-refractivity contribution in [3.05, 3.63) is 47.8 Å². The van der Waals surface area contributed by atoms with E-state index in [-0.39, 0.29) is 12.1 Å². The average molecular weight is 300 g/mol. The first-order valence-corrected chi connectivity index (χ1v) is 7.44. The molecule has 6 nitrogen and oxygen atoms in total. The molecular weight excluding hydrogens is 280 g/mol. The molecule has 1 saturated heterocycles. The highest BCUT2D eigenvalue weighted by Crippen LogP contribution is 2.32. The summed E-state index contributed by atoms with van der Waals surface area (Å²) in [6.07, 6.45) is 3.69. The van der Waals surface area contributed by atoms with E-state index in [9.17, 15) is 4.79 Å². The van der Waals surface area contributed by atoms with Gasteiger partial charge >= 0.3 is 6.03 Å². The zero-order valence-corrected chi connectivity index (χ0v) is 12.6.